The first-order valence-corrected chi connectivity index (χ1v) is 7.61. The van der Waals surface area contributed by atoms with E-state index in [0.29, 0.717) is 0 Å². The molecule has 4 nitrogen and oxygen atoms in total. The molecule has 3 aromatic rings. The molecule has 0 spiro atoms. The number of hydrogen-bond donors (Lipinski definition) is 0. The zero-order chi connectivity index (χ0) is 14.5. The average Bonchev–Trinajstić information content (AvgIpc) is 3.15. The molecule has 0 bridgehead atoms. The highest BCUT2D eigenvalue weighted by molar-refractivity contribution is 7.99. The average molecular weight is 297 g/mol. The lowest BCUT2D eigenvalue weighted by Crippen LogP contribution is -1.93. The zero-order valence-electron chi connectivity index (χ0n) is 11.6. The second-order valence-electron chi connectivity index (χ2n) is 4.47. The van der Waals surface area contributed by atoms with Gasteiger partial charge in [0.05, 0.1) is 6.26 Å². The Morgan fingerprint density at radius 1 is 1.14 bits per heavy atom. The Labute approximate surface area is 127 Å². The molecule has 21 heavy (non-hydrogen) atoms. The normalized spacial score (nSPS) is 11.3. The summed E-state index contributed by atoms with van der Waals surface area (Å²) < 4.78 is 7.29. The van der Waals surface area contributed by atoms with Crippen molar-refractivity contribution in [2.24, 2.45) is 7.05 Å². The molecule has 0 N–H and O–H groups in total. The van der Waals surface area contributed by atoms with Crippen LogP contribution in [0.1, 0.15) is 5.56 Å². The van der Waals surface area contributed by atoms with E-state index in [4.69, 9.17) is 4.42 Å². The van der Waals surface area contributed by atoms with Crippen LogP contribution < -0.4 is 0 Å². The van der Waals surface area contributed by atoms with E-state index in [9.17, 15) is 0 Å². The lowest BCUT2D eigenvalue weighted by Gasteiger charge is -2.00. The van der Waals surface area contributed by atoms with Crippen LogP contribution in [0.5, 0.6) is 0 Å². The fourth-order valence-electron chi connectivity index (χ4n) is 1.93. The van der Waals surface area contributed by atoms with Crippen molar-refractivity contribution in [2.75, 3.05) is 5.75 Å². The lowest BCUT2D eigenvalue weighted by atomic mass is 10.2. The Morgan fingerprint density at radius 2 is 2.00 bits per heavy atom. The highest BCUT2D eigenvalue weighted by atomic mass is 32.2. The fourth-order valence-corrected chi connectivity index (χ4v) is 2.65. The summed E-state index contributed by atoms with van der Waals surface area (Å²) in [5.41, 5.74) is 1.20. The van der Waals surface area contributed by atoms with Gasteiger partial charge in [-0.15, -0.1) is 10.2 Å². The molecule has 0 saturated heterocycles. The molecule has 2 heterocycles. The van der Waals surface area contributed by atoms with Crippen molar-refractivity contribution >= 4 is 17.8 Å². The predicted molar refractivity (Wildman–Crippen MR) is 84.9 cm³/mol. The Morgan fingerprint density at radius 3 is 2.76 bits per heavy atom. The number of rotatable bonds is 5. The van der Waals surface area contributed by atoms with Crippen LogP contribution in [0.2, 0.25) is 0 Å². The van der Waals surface area contributed by atoms with Crippen LogP contribution in [0.25, 0.3) is 17.7 Å². The van der Waals surface area contributed by atoms with Gasteiger partial charge in [0, 0.05) is 12.8 Å². The molecule has 0 saturated carbocycles. The van der Waals surface area contributed by atoms with Gasteiger partial charge in [0.25, 0.3) is 0 Å². The molecule has 106 valence electrons. The molecule has 1 aromatic carbocycles. The monoisotopic (exact) mass is 297 g/mol. The number of nitrogens with zero attached hydrogens (tertiary/aromatic N) is 3. The van der Waals surface area contributed by atoms with Gasteiger partial charge in [0.1, 0.15) is 0 Å². The quantitative estimate of drug-likeness (QED) is 0.670. The van der Waals surface area contributed by atoms with Crippen molar-refractivity contribution in [2.45, 2.75) is 5.16 Å². The smallest absolute Gasteiger partial charge is 0.200 e. The van der Waals surface area contributed by atoms with Crippen LogP contribution in [0.15, 0.2) is 64.4 Å². The van der Waals surface area contributed by atoms with Gasteiger partial charge < -0.3 is 8.98 Å². The molecule has 5 heteroatoms. The Balaban J connectivity index is 1.63. The van der Waals surface area contributed by atoms with Gasteiger partial charge >= 0.3 is 0 Å². The summed E-state index contributed by atoms with van der Waals surface area (Å²) in [4.78, 5) is 0. The highest BCUT2D eigenvalue weighted by Gasteiger charge is 2.12. The van der Waals surface area contributed by atoms with E-state index in [1.54, 1.807) is 18.0 Å². The van der Waals surface area contributed by atoms with Crippen molar-refractivity contribution in [3.63, 3.8) is 0 Å². The SMILES string of the molecule is Cn1c(SCC=Cc2ccccc2)nnc1-c1ccco1. The molecule has 2 aromatic heterocycles. The van der Waals surface area contributed by atoms with Gasteiger partial charge in [-0.25, -0.2) is 0 Å². The third kappa shape index (κ3) is 3.25. The fraction of sp³-hybridized carbons (Fsp3) is 0.125. The number of aromatic nitrogens is 3. The molecule has 3 rings (SSSR count). The summed E-state index contributed by atoms with van der Waals surface area (Å²) in [6.07, 6.45) is 5.87. The maximum Gasteiger partial charge on any atom is 0.200 e. The first kappa shape index (κ1) is 13.7. The summed E-state index contributed by atoms with van der Waals surface area (Å²) in [7, 11) is 1.95. The van der Waals surface area contributed by atoms with Gasteiger partial charge in [-0.2, -0.15) is 0 Å². The van der Waals surface area contributed by atoms with E-state index in [2.05, 4.69) is 34.5 Å². The van der Waals surface area contributed by atoms with Gasteiger partial charge in [0.15, 0.2) is 16.7 Å². The minimum Gasteiger partial charge on any atom is -0.461 e. The Hall–Kier alpha value is -2.27. The third-order valence-corrected chi connectivity index (χ3v) is 3.97. The Kier molecular flexibility index (Phi) is 4.21. The van der Waals surface area contributed by atoms with Crippen molar-refractivity contribution in [1.82, 2.24) is 14.8 Å². The summed E-state index contributed by atoms with van der Waals surface area (Å²) in [5, 5.41) is 9.24. The molecule has 0 aliphatic heterocycles. The van der Waals surface area contributed by atoms with E-state index >= 15 is 0 Å². The van der Waals surface area contributed by atoms with E-state index in [1.807, 2.05) is 41.9 Å². The largest absolute Gasteiger partial charge is 0.461 e. The second-order valence-corrected chi connectivity index (χ2v) is 5.45. The van der Waals surface area contributed by atoms with Gasteiger partial charge in [-0.05, 0) is 17.7 Å². The number of furan rings is 1. The Bertz CT molecular complexity index is 717. The minimum atomic E-state index is 0.733. The van der Waals surface area contributed by atoms with Crippen LogP contribution in [0, 0.1) is 0 Å². The van der Waals surface area contributed by atoms with Crippen LogP contribution >= 0.6 is 11.8 Å². The number of benzene rings is 1. The zero-order valence-corrected chi connectivity index (χ0v) is 12.5. The van der Waals surface area contributed by atoms with Crippen molar-refractivity contribution in [1.29, 1.82) is 0 Å². The molecular weight excluding hydrogens is 282 g/mol. The summed E-state index contributed by atoms with van der Waals surface area (Å²) >= 11 is 1.65. The maximum absolute atomic E-state index is 5.35. The highest BCUT2D eigenvalue weighted by Crippen LogP contribution is 2.22. The minimum absolute atomic E-state index is 0.733. The lowest BCUT2D eigenvalue weighted by molar-refractivity contribution is 0.572. The van der Waals surface area contributed by atoms with E-state index in [-0.39, 0.29) is 0 Å². The van der Waals surface area contributed by atoms with Gasteiger partial charge in [-0.3, -0.25) is 0 Å². The van der Waals surface area contributed by atoms with Gasteiger partial charge in [-0.1, -0.05) is 54.2 Å². The molecule has 0 fully saturated rings. The second kappa shape index (κ2) is 6.45. The van der Waals surface area contributed by atoms with Crippen molar-refractivity contribution in [3.05, 3.63) is 60.4 Å². The van der Waals surface area contributed by atoms with Crippen LogP contribution in [-0.4, -0.2) is 20.5 Å². The number of hydrogen-bond acceptors (Lipinski definition) is 4. The van der Waals surface area contributed by atoms with Gasteiger partial charge in [0.2, 0.25) is 0 Å². The molecule has 0 atom stereocenters. The van der Waals surface area contributed by atoms with Crippen LogP contribution in [0.4, 0.5) is 0 Å². The maximum atomic E-state index is 5.35. The third-order valence-electron chi connectivity index (χ3n) is 2.99. The van der Waals surface area contributed by atoms with Crippen LogP contribution in [0.3, 0.4) is 0 Å². The van der Waals surface area contributed by atoms with E-state index in [1.165, 1.54) is 5.56 Å². The van der Waals surface area contributed by atoms with E-state index in [0.717, 1.165) is 22.5 Å². The topological polar surface area (TPSA) is 43.9 Å². The summed E-state index contributed by atoms with van der Waals surface area (Å²) in [6, 6.07) is 14.0. The van der Waals surface area contributed by atoms with Crippen LogP contribution in [-0.2, 0) is 7.05 Å². The molecule has 0 unspecified atom stereocenters. The molecule has 0 radical (unpaired) electrons. The molecule has 0 aliphatic rings. The first-order valence-electron chi connectivity index (χ1n) is 6.62. The van der Waals surface area contributed by atoms with Crippen molar-refractivity contribution in [3.8, 4) is 11.6 Å². The van der Waals surface area contributed by atoms with E-state index < -0.39 is 0 Å². The standard InChI is InChI=1S/C16H15N3OS/c1-19-15(14-10-5-11-20-14)17-18-16(19)21-12-6-9-13-7-3-2-4-8-13/h2-11H,12H2,1H3. The summed E-state index contributed by atoms with van der Waals surface area (Å²) in [6.45, 7) is 0. The number of thioether (sulfide) groups is 1. The predicted octanol–water partition coefficient (Wildman–Crippen LogP) is 3.88. The molecule has 0 amide bonds. The summed E-state index contributed by atoms with van der Waals surface area (Å²) in [5.74, 6) is 2.32. The molecule has 0 aliphatic carbocycles. The molecular formula is C16H15N3OS. The first-order chi connectivity index (χ1) is 10.3. The van der Waals surface area contributed by atoms with Crippen molar-refractivity contribution < 1.29 is 4.42 Å².